The first-order valence-electron chi connectivity index (χ1n) is 9.38. The minimum absolute atomic E-state index is 0.147. The maximum atomic E-state index is 12.7. The van der Waals surface area contributed by atoms with E-state index in [1.807, 2.05) is 11.9 Å². The summed E-state index contributed by atoms with van der Waals surface area (Å²) >= 11 is 0. The van der Waals surface area contributed by atoms with Gasteiger partial charge in [0, 0.05) is 38.0 Å². The Morgan fingerprint density at radius 3 is 2.43 bits per heavy atom. The lowest BCUT2D eigenvalue weighted by molar-refractivity contribution is -0.384. The van der Waals surface area contributed by atoms with Crippen molar-refractivity contribution in [2.75, 3.05) is 25.0 Å². The molecule has 0 aliphatic carbocycles. The molecule has 9 heteroatoms. The van der Waals surface area contributed by atoms with Gasteiger partial charge in [0.25, 0.3) is 5.69 Å². The third kappa shape index (κ3) is 4.68. The number of carbonyl (C=O) groups excluding carboxylic acids is 1. The van der Waals surface area contributed by atoms with Crippen molar-refractivity contribution in [3.05, 3.63) is 56.7 Å². The van der Waals surface area contributed by atoms with Gasteiger partial charge in [-0.15, -0.1) is 0 Å². The SMILES string of the molecule is CN(CCNC(=O)OC(C)(C)C)c1ccc2c(=O)c3ccc([N+](=O)[O-])cc3oc2c1. The zero-order valence-electron chi connectivity index (χ0n) is 17.2. The number of hydrogen-bond donors (Lipinski definition) is 1. The molecule has 1 heterocycles. The van der Waals surface area contributed by atoms with Gasteiger partial charge >= 0.3 is 6.09 Å². The van der Waals surface area contributed by atoms with E-state index in [-0.39, 0.29) is 22.1 Å². The lowest BCUT2D eigenvalue weighted by atomic mass is 10.1. The zero-order valence-corrected chi connectivity index (χ0v) is 17.2. The predicted molar refractivity (Wildman–Crippen MR) is 114 cm³/mol. The van der Waals surface area contributed by atoms with Crippen LogP contribution in [0.2, 0.25) is 0 Å². The second-order valence-corrected chi connectivity index (χ2v) is 7.90. The first kappa shape index (κ1) is 21.1. The molecular weight excluding hydrogens is 390 g/mol. The van der Waals surface area contributed by atoms with Crippen molar-refractivity contribution in [1.82, 2.24) is 5.32 Å². The monoisotopic (exact) mass is 413 g/mol. The van der Waals surface area contributed by atoms with Crippen molar-refractivity contribution < 1.29 is 18.9 Å². The van der Waals surface area contributed by atoms with Gasteiger partial charge in [-0.05, 0) is 39.0 Å². The highest BCUT2D eigenvalue weighted by molar-refractivity contribution is 5.91. The van der Waals surface area contributed by atoms with Crippen molar-refractivity contribution in [2.45, 2.75) is 26.4 Å². The summed E-state index contributed by atoms with van der Waals surface area (Å²) in [6.45, 7) is 6.23. The van der Waals surface area contributed by atoms with Crippen LogP contribution in [0.3, 0.4) is 0 Å². The summed E-state index contributed by atoms with van der Waals surface area (Å²) in [5.41, 5.74) is 0.296. The van der Waals surface area contributed by atoms with Crippen molar-refractivity contribution in [3.63, 3.8) is 0 Å². The van der Waals surface area contributed by atoms with Crippen molar-refractivity contribution in [3.8, 4) is 0 Å². The number of benzene rings is 2. The molecule has 0 bridgehead atoms. The number of nitro groups is 1. The highest BCUT2D eigenvalue weighted by Gasteiger charge is 2.16. The molecule has 0 fully saturated rings. The van der Waals surface area contributed by atoms with E-state index in [0.29, 0.717) is 24.1 Å². The summed E-state index contributed by atoms with van der Waals surface area (Å²) in [5.74, 6) is 0. The number of amides is 1. The summed E-state index contributed by atoms with van der Waals surface area (Å²) in [5, 5.41) is 14.4. The Kier molecular flexibility index (Phi) is 5.64. The normalized spacial score (nSPS) is 11.5. The number of alkyl carbamates (subject to hydrolysis) is 1. The summed E-state index contributed by atoms with van der Waals surface area (Å²) in [4.78, 5) is 36.8. The number of anilines is 1. The molecule has 1 N–H and O–H groups in total. The van der Waals surface area contributed by atoms with Crippen molar-refractivity contribution in [2.24, 2.45) is 0 Å². The van der Waals surface area contributed by atoms with Gasteiger partial charge in [0.2, 0.25) is 5.43 Å². The molecule has 0 radical (unpaired) electrons. The van der Waals surface area contributed by atoms with Crippen LogP contribution in [0.25, 0.3) is 21.9 Å². The summed E-state index contributed by atoms with van der Waals surface area (Å²) in [7, 11) is 1.84. The fourth-order valence-corrected chi connectivity index (χ4v) is 2.95. The van der Waals surface area contributed by atoms with Crippen LogP contribution in [-0.4, -0.2) is 36.8 Å². The number of hydrogen-bond acceptors (Lipinski definition) is 7. The number of fused-ring (bicyclic) bond motifs is 2. The number of nitro benzene ring substituents is 1. The second kappa shape index (κ2) is 8.02. The molecule has 2 aromatic carbocycles. The largest absolute Gasteiger partial charge is 0.455 e. The molecule has 3 rings (SSSR count). The highest BCUT2D eigenvalue weighted by Crippen LogP contribution is 2.25. The molecule has 0 saturated heterocycles. The van der Waals surface area contributed by atoms with Gasteiger partial charge in [-0.3, -0.25) is 14.9 Å². The molecule has 9 nitrogen and oxygen atoms in total. The van der Waals surface area contributed by atoms with Gasteiger partial charge in [-0.2, -0.15) is 0 Å². The van der Waals surface area contributed by atoms with Crippen LogP contribution in [0.5, 0.6) is 0 Å². The maximum absolute atomic E-state index is 12.7. The van der Waals surface area contributed by atoms with E-state index < -0.39 is 16.6 Å². The first-order valence-corrected chi connectivity index (χ1v) is 9.38. The second-order valence-electron chi connectivity index (χ2n) is 7.90. The number of non-ortho nitro benzene ring substituents is 1. The van der Waals surface area contributed by atoms with Crippen LogP contribution in [0, 0.1) is 10.1 Å². The molecule has 0 unspecified atom stereocenters. The van der Waals surface area contributed by atoms with E-state index in [2.05, 4.69) is 5.32 Å². The van der Waals surface area contributed by atoms with Gasteiger partial charge in [0.1, 0.15) is 16.8 Å². The number of carbonyl (C=O) groups is 1. The van der Waals surface area contributed by atoms with Crippen molar-refractivity contribution >= 4 is 39.4 Å². The van der Waals surface area contributed by atoms with Crippen LogP contribution < -0.4 is 15.6 Å². The van der Waals surface area contributed by atoms with E-state index in [1.165, 1.54) is 18.2 Å². The first-order chi connectivity index (χ1) is 14.0. The van der Waals surface area contributed by atoms with Gasteiger partial charge in [0.15, 0.2) is 0 Å². The molecular formula is C21H23N3O6. The number of likely N-dealkylation sites (N-methyl/N-ethyl adjacent to an activating group) is 1. The molecule has 0 aliphatic rings. The van der Waals surface area contributed by atoms with Gasteiger partial charge in [0.05, 0.1) is 21.8 Å². The molecule has 0 aliphatic heterocycles. The van der Waals surface area contributed by atoms with Crippen LogP contribution in [0.4, 0.5) is 16.2 Å². The summed E-state index contributed by atoms with van der Waals surface area (Å²) in [6, 6.07) is 9.07. The topological polar surface area (TPSA) is 115 Å². The Morgan fingerprint density at radius 1 is 1.17 bits per heavy atom. The highest BCUT2D eigenvalue weighted by atomic mass is 16.6. The number of nitrogens with one attached hydrogen (secondary N) is 1. The minimum Gasteiger partial charge on any atom is -0.455 e. The Balaban J connectivity index is 1.81. The quantitative estimate of drug-likeness (QED) is 0.384. The lowest BCUT2D eigenvalue weighted by Crippen LogP contribution is -2.37. The average Bonchev–Trinajstić information content (AvgIpc) is 2.65. The van der Waals surface area contributed by atoms with Crippen LogP contribution in [0.1, 0.15) is 20.8 Å². The molecule has 158 valence electrons. The summed E-state index contributed by atoms with van der Waals surface area (Å²) < 4.78 is 11.0. The number of rotatable bonds is 5. The van der Waals surface area contributed by atoms with E-state index in [0.717, 1.165) is 5.69 Å². The molecule has 0 spiro atoms. The Labute approximate surface area is 172 Å². The van der Waals surface area contributed by atoms with E-state index >= 15 is 0 Å². The fraction of sp³-hybridized carbons (Fsp3) is 0.333. The van der Waals surface area contributed by atoms with E-state index in [1.54, 1.807) is 39.0 Å². The van der Waals surface area contributed by atoms with Crippen LogP contribution in [-0.2, 0) is 4.74 Å². The number of nitrogens with zero attached hydrogens (tertiary/aromatic N) is 2. The smallest absolute Gasteiger partial charge is 0.407 e. The molecule has 30 heavy (non-hydrogen) atoms. The van der Waals surface area contributed by atoms with Gasteiger partial charge in [-0.25, -0.2) is 4.79 Å². The van der Waals surface area contributed by atoms with Gasteiger partial charge in [-0.1, -0.05) is 0 Å². The Bertz CT molecular complexity index is 1180. The predicted octanol–water partition coefficient (Wildman–Crippen LogP) is 3.82. The fourth-order valence-electron chi connectivity index (χ4n) is 2.95. The Hall–Kier alpha value is -3.62. The molecule has 3 aromatic rings. The minimum atomic E-state index is -0.566. The zero-order chi connectivity index (χ0) is 22.1. The molecule has 0 saturated carbocycles. The molecule has 1 aromatic heterocycles. The molecule has 1 amide bonds. The maximum Gasteiger partial charge on any atom is 0.407 e. The van der Waals surface area contributed by atoms with Crippen LogP contribution >= 0.6 is 0 Å². The van der Waals surface area contributed by atoms with E-state index in [4.69, 9.17) is 9.15 Å². The third-order valence-electron chi connectivity index (χ3n) is 4.41. The lowest BCUT2D eigenvalue weighted by Gasteiger charge is -2.22. The Morgan fingerprint density at radius 2 is 1.80 bits per heavy atom. The summed E-state index contributed by atoms with van der Waals surface area (Å²) in [6.07, 6.45) is -0.492. The van der Waals surface area contributed by atoms with Gasteiger partial charge < -0.3 is 19.4 Å². The molecule has 0 atom stereocenters. The third-order valence-corrected chi connectivity index (χ3v) is 4.41. The van der Waals surface area contributed by atoms with E-state index in [9.17, 15) is 19.7 Å². The van der Waals surface area contributed by atoms with Crippen molar-refractivity contribution in [1.29, 1.82) is 0 Å². The van der Waals surface area contributed by atoms with Crippen LogP contribution in [0.15, 0.2) is 45.6 Å². The number of ether oxygens (including phenoxy) is 1. The average molecular weight is 413 g/mol. The standard InChI is InChI=1S/C21H23N3O6/c1-21(2,3)30-20(26)22-9-10-23(4)13-5-7-15-17(11-13)29-18-12-14(24(27)28)6-8-16(18)19(15)25/h5-8,11-12H,9-10H2,1-4H3,(H,22,26).